The van der Waals surface area contributed by atoms with Gasteiger partial charge in [0.15, 0.2) is 0 Å². The smallest absolute Gasteiger partial charge is 0.440 e. The van der Waals surface area contributed by atoms with Crippen LogP contribution in [0.4, 0.5) is 18.0 Å². The van der Waals surface area contributed by atoms with E-state index in [1.54, 1.807) is 0 Å². The molecule has 0 radical (unpaired) electrons. The van der Waals surface area contributed by atoms with Crippen molar-refractivity contribution in [2.45, 2.75) is 6.18 Å². The lowest BCUT2D eigenvalue weighted by Gasteiger charge is -2.06. The van der Waals surface area contributed by atoms with Crippen LogP contribution in [0.2, 0.25) is 0 Å². The third-order valence-corrected chi connectivity index (χ3v) is 1.02. The van der Waals surface area contributed by atoms with Gasteiger partial charge in [0.25, 0.3) is 0 Å². The van der Waals surface area contributed by atoms with Crippen LogP contribution in [0.15, 0.2) is 4.99 Å². The molecule has 0 rings (SSSR count). The predicted molar refractivity (Wildman–Crippen MR) is 37.9 cm³/mol. The first-order chi connectivity index (χ1) is 6.32. The van der Waals surface area contributed by atoms with Crippen molar-refractivity contribution < 1.29 is 32.2 Å². The van der Waals surface area contributed by atoms with Crippen LogP contribution in [-0.2, 0) is 14.3 Å². The summed E-state index contributed by atoms with van der Waals surface area (Å²) in [4.78, 5) is 23.3. The summed E-state index contributed by atoms with van der Waals surface area (Å²) in [6.07, 6.45) is -6.58. The SMILES string of the molecule is COC(=O)/N=C(\C(=O)OC)C(F)(F)F. The molecule has 0 unspecified atom stereocenters. The summed E-state index contributed by atoms with van der Waals surface area (Å²) < 4.78 is 43.7. The fraction of sp³-hybridized carbons (Fsp3) is 0.500. The van der Waals surface area contributed by atoms with Crippen molar-refractivity contribution in [3.63, 3.8) is 0 Å². The summed E-state index contributed by atoms with van der Waals surface area (Å²) in [7, 11) is 1.57. The highest BCUT2D eigenvalue weighted by Crippen LogP contribution is 2.18. The minimum absolute atomic E-state index is 0.737. The van der Waals surface area contributed by atoms with Gasteiger partial charge >= 0.3 is 18.2 Å². The maximum absolute atomic E-state index is 12.0. The summed E-state index contributed by atoms with van der Waals surface area (Å²) in [5, 5.41) is 0. The molecule has 0 saturated carbocycles. The molecule has 0 heterocycles. The highest BCUT2D eigenvalue weighted by Gasteiger charge is 2.42. The van der Waals surface area contributed by atoms with Gasteiger partial charge in [-0.2, -0.15) is 18.2 Å². The van der Waals surface area contributed by atoms with Crippen molar-refractivity contribution in [2.75, 3.05) is 14.2 Å². The standard InChI is InChI=1S/C6H6F3NO4/c1-13-4(11)3(6(7,8)9)10-5(12)14-2/h1-2H3/b10-3+. The first-order valence-electron chi connectivity index (χ1n) is 3.15. The van der Waals surface area contributed by atoms with Gasteiger partial charge in [-0.25, -0.2) is 9.59 Å². The molecule has 0 aliphatic heterocycles. The second kappa shape index (κ2) is 4.58. The summed E-state index contributed by atoms with van der Waals surface area (Å²) in [6.45, 7) is 0. The zero-order valence-corrected chi connectivity index (χ0v) is 7.21. The van der Waals surface area contributed by atoms with E-state index in [9.17, 15) is 22.8 Å². The Balaban J connectivity index is 5.02. The highest BCUT2D eigenvalue weighted by atomic mass is 19.4. The average Bonchev–Trinajstić information content (AvgIpc) is 2.10. The Morgan fingerprint density at radius 3 is 1.93 bits per heavy atom. The van der Waals surface area contributed by atoms with Crippen LogP contribution >= 0.6 is 0 Å². The van der Waals surface area contributed by atoms with Gasteiger partial charge in [-0.15, -0.1) is 0 Å². The van der Waals surface area contributed by atoms with Crippen LogP contribution in [0, 0.1) is 0 Å². The zero-order chi connectivity index (χ0) is 11.4. The fourth-order valence-corrected chi connectivity index (χ4v) is 0.458. The quantitative estimate of drug-likeness (QED) is 0.480. The molecule has 0 aliphatic rings. The monoisotopic (exact) mass is 213 g/mol. The molecule has 8 heteroatoms. The van der Waals surface area contributed by atoms with Crippen molar-refractivity contribution in [1.29, 1.82) is 0 Å². The van der Waals surface area contributed by atoms with Gasteiger partial charge < -0.3 is 9.47 Å². The van der Waals surface area contributed by atoms with Gasteiger partial charge in [-0.3, -0.25) is 0 Å². The van der Waals surface area contributed by atoms with Crippen LogP contribution in [-0.4, -0.2) is 38.2 Å². The number of hydrogen-bond acceptors (Lipinski definition) is 4. The number of aliphatic imine (C=N–C) groups is 1. The molecule has 5 nitrogen and oxygen atoms in total. The topological polar surface area (TPSA) is 65.0 Å². The predicted octanol–water partition coefficient (Wildman–Crippen LogP) is 0.929. The molecule has 0 saturated heterocycles. The third kappa shape index (κ3) is 3.42. The number of carbonyl (C=O) groups excluding carboxylic acids is 2. The number of alkyl halides is 3. The van der Waals surface area contributed by atoms with Gasteiger partial charge in [0, 0.05) is 0 Å². The van der Waals surface area contributed by atoms with Gasteiger partial charge in [0.2, 0.25) is 5.71 Å². The molecule has 0 bridgehead atoms. The molecule has 0 N–H and O–H groups in total. The van der Waals surface area contributed by atoms with E-state index in [0.29, 0.717) is 0 Å². The molecular weight excluding hydrogens is 207 g/mol. The Hall–Kier alpha value is -1.60. The minimum atomic E-state index is -5.05. The number of hydrogen-bond donors (Lipinski definition) is 0. The van der Waals surface area contributed by atoms with Crippen LogP contribution < -0.4 is 0 Å². The molecule has 0 aromatic carbocycles. The molecule has 0 aromatic rings. The maximum Gasteiger partial charge on any atom is 0.440 e. The van der Waals surface area contributed by atoms with E-state index >= 15 is 0 Å². The average molecular weight is 213 g/mol. The van der Waals surface area contributed by atoms with Crippen molar-refractivity contribution in [3.8, 4) is 0 Å². The van der Waals surface area contributed by atoms with Crippen LogP contribution in [0.3, 0.4) is 0 Å². The van der Waals surface area contributed by atoms with E-state index in [2.05, 4.69) is 14.5 Å². The van der Waals surface area contributed by atoms with E-state index in [-0.39, 0.29) is 0 Å². The van der Waals surface area contributed by atoms with Crippen molar-refractivity contribution in [2.24, 2.45) is 4.99 Å². The zero-order valence-electron chi connectivity index (χ0n) is 7.21. The van der Waals surface area contributed by atoms with E-state index in [0.717, 1.165) is 14.2 Å². The number of amides is 1. The summed E-state index contributed by atoms with van der Waals surface area (Å²) in [5.41, 5.74) is -1.95. The molecule has 1 amide bonds. The minimum Gasteiger partial charge on any atom is -0.464 e. The Kier molecular flexibility index (Phi) is 4.06. The number of esters is 1. The molecular formula is C6H6F3NO4. The van der Waals surface area contributed by atoms with E-state index in [4.69, 9.17) is 0 Å². The Labute approximate surface area is 76.5 Å². The number of nitrogens with zero attached hydrogens (tertiary/aromatic N) is 1. The Morgan fingerprint density at radius 1 is 1.14 bits per heavy atom. The highest BCUT2D eigenvalue weighted by molar-refractivity contribution is 6.40. The summed E-state index contributed by atoms with van der Waals surface area (Å²) >= 11 is 0. The first kappa shape index (κ1) is 12.4. The van der Waals surface area contributed by atoms with Gasteiger partial charge in [-0.05, 0) is 0 Å². The van der Waals surface area contributed by atoms with E-state index < -0.39 is 24.0 Å². The van der Waals surface area contributed by atoms with E-state index in [1.165, 1.54) is 0 Å². The molecule has 14 heavy (non-hydrogen) atoms. The number of rotatable bonds is 1. The Bertz CT molecular complexity index is 271. The second-order valence-electron chi connectivity index (χ2n) is 1.92. The normalized spacial score (nSPS) is 12.2. The van der Waals surface area contributed by atoms with Crippen molar-refractivity contribution >= 4 is 17.8 Å². The number of ether oxygens (including phenoxy) is 2. The molecule has 0 atom stereocenters. The number of halogens is 3. The Morgan fingerprint density at radius 2 is 1.64 bits per heavy atom. The van der Waals surface area contributed by atoms with Crippen molar-refractivity contribution in [1.82, 2.24) is 0 Å². The van der Waals surface area contributed by atoms with Crippen molar-refractivity contribution in [3.05, 3.63) is 0 Å². The van der Waals surface area contributed by atoms with Gasteiger partial charge in [0.05, 0.1) is 14.2 Å². The lowest BCUT2D eigenvalue weighted by molar-refractivity contribution is -0.137. The first-order valence-corrected chi connectivity index (χ1v) is 3.15. The third-order valence-electron chi connectivity index (χ3n) is 1.02. The summed E-state index contributed by atoms with van der Waals surface area (Å²) in [6, 6.07) is 0. The lowest BCUT2D eigenvalue weighted by Crippen LogP contribution is -2.33. The lowest BCUT2D eigenvalue weighted by atomic mass is 10.4. The summed E-state index contributed by atoms with van der Waals surface area (Å²) in [5.74, 6) is -1.75. The fourth-order valence-electron chi connectivity index (χ4n) is 0.458. The molecule has 0 aromatic heterocycles. The number of carbonyl (C=O) groups is 2. The molecule has 0 spiro atoms. The molecule has 80 valence electrons. The van der Waals surface area contributed by atoms with Crippen LogP contribution in [0.25, 0.3) is 0 Å². The largest absolute Gasteiger partial charge is 0.464 e. The maximum atomic E-state index is 12.0. The van der Waals surface area contributed by atoms with Gasteiger partial charge in [-0.1, -0.05) is 0 Å². The van der Waals surface area contributed by atoms with Crippen LogP contribution in [0.1, 0.15) is 0 Å². The molecule has 0 aliphatic carbocycles. The van der Waals surface area contributed by atoms with Crippen LogP contribution in [0.5, 0.6) is 0 Å². The second-order valence-corrected chi connectivity index (χ2v) is 1.92. The van der Waals surface area contributed by atoms with E-state index in [1.807, 2.05) is 0 Å². The van der Waals surface area contributed by atoms with Gasteiger partial charge in [0.1, 0.15) is 0 Å². The number of methoxy groups -OCH3 is 2. The molecule has 0 fully saturated rings.